The van der Waals surface area contributed by atoms with Crippen molar-refractivity contribution in [1.29, 1.82) is 0 Å². The van der Waals surface area contributed by atoms with Gasteiger partial charge in [-0.25, -0.2) is 0 Å². The van der Waals surface area contributed by atoms with Crippen LogP contribution in [-0.2, 0) is 15.1 Å². The quantitative estimate of drug-likeness (QED) is 0.919. The number of nitrogens with zero attached hydrogens (tertiary/aromatic N) is 1. The molecule has 2 heterocycles. The van der Waals surface area contributed by atoms with Crippen LogP contribution < -0.4 is 4.74 Å². The van der Waals surface area contributed by atoms with Gasteiger partial charge in [0.1, 0.15) is 5.75 Å². The fourth-order valence-corrected chi connectivity index (χ4v) is 3.62. The molecule has 0 bridgehead atoms. The number of ether oxygens (including phenoxy) is 2. The van der Waals surface area contributed by atoms with Crippen LogP contribution in [0.15, 0.2) is 24.3 Å². The van der Waals surface area contributed by atoms with Gasteiger partial charge in [-0.05, 0) is 6.07 Å². The number of carbonyl (C=O) groups is 1. The predicted molar refractivity (Wildman–Crippen MR) is 77.4 cm³/mol. The molecule has 114 valence electrons. The predicted octanol–water partition coefficient (Wildman–Crippen LogP) is 1.72. The van der Waals surface area contributed by atoms with Crippen molar-refractivity contribution in [3.05, 3.63) is 29.8 Å². The molecule has 0 aromatic heterocycles. The van der Waals surface area contributed by atoms with Gasteiger partial charge in [0.25, 0.3) is 0 Å². The lowest BCUT2D eigenvalue weighted by Crippen LogP contribution is -2.58. The third-order valence-electron chi connectivity index (χ3n) is 4.65. The molecule has 1 fully saturated rings. The summed E-state index contributed by atoms with van der Waals surface area (Å²) in [7, 11) is 0. The van der Waals surface area contributed by atoms with Gasteiger partial charge < -0.3 is 14.6 Å². The Morgan fingerprint density at radius 1 is 1.38 bits per heavy atom. The molecule has 1 saturated heterocycles. The third kappa shape index (κ3) is 2.40. The van der Waals surface area contributed by atoms with Crippen molar-refractivity contribution in [2.45, 2.75) is 18.9 Å². The topological polar surface area (TPSA) is 59.0 Å². The number of hydrogen-bond acceptors (Lipinski definition) is 4. The fraction of sp³-hybridized carbons (Fsp3) is 0.562. The first kappa shape index (κ1) is 14.4. The number of carboxylic acid groups (broad SMARTS) is 1. The van der Waals surface area contributed by atoms with E-state index in [-0.39, 0.29) is 12.3 Å². The number of morpholine rings is 1. The maximum absolute atomic E-state index is 11.6. The Hall–Kier alpha value is -1.59. The van der Waals surface area contributed by atoms with Gasteiger partial charge in [0, 0.05) is 24.6 Å². The molecular weight excluding hydrogens is 270 g/mol. The number of benzene rings is 1. The summed E-state index contributed by atoms with van der Waals surface area (Å²) in [4.78, 5) is 13.8. The van der Waals surface area contributed by atoms with Gasteiger partial charge in [-0.3, -0.25) is 9.69 Å². The summed E-state index contributed by atoms with van der Waals surface area (Å²) < 4.78 is 11.3. The summed E-state index contributed by atoms with van der Waals surface area (Å²) in [6, 6.07) is 7.82. The van der Waals surface area contributed by atoms with Gasteiger partial charge in [-0.15, -0.1) is 0 Å². The van der Waals surface area contributed by atoms with E-state index in [4.69, 9.17) is 9.47 Å². The number of aliphatic carboxylic acids is 1. The van der Waals surface area contributed by atoms with Crippen LogP contribution in [-0.4, -0.2) is 48.9 Å². The Bertz CT molecular complexity index is 527. The minimum absolute atomic E-state index is 0.0918. The monoisotopic (exact) mass is 291 g/mol. The van der Waals surface area contributed by atoms with Gasteiger partial charge in [-0.2, -0.15) is 0 Å². The van der Waals surface area contributed by atoms with Crippen molar-refractivity contribution in [3.63, 3.8) is 0 Å². The highest BCUT2D eigenvalue weighted by Gasteiger charge is 2.49. The largest absolute Gasteiger partial charge is 0.493 e. The van der Waals surface area contributed by atoms with Crippen LogP contribution in [0.25, 0.3) is 0 Å². The Labute approximate surface area is 124 Å². The molecule has 5 heteroatoms. The van der Waals surface area contributed by atoms with E-state index in [1.807, 2.05) is 24.3 Å². The van der Waals surface area contributed by atoms with E-state index in [9.17, 15) is 9.90 Å². The van der Waals surface area contributed by atoms with Crippen molar-refractivity contribution < 1.29 is 19.4 Å². The lowest BCUT2D eigenvalue weighted by atomic mass is 9.73. The second-order valence-corrected chi connectivity index (χ2v) is 5.80. The number of fused-ring (bicyclic) bond motifs is 1. The van der Waals surface area contributed by atoms with E-state index in [1.165, 1.54) is 0 Å². The molecule has 2 aliphatic rings. The Morgan fingerprint density at radius 2 is 2.10 bits per heavy atom. The maximum Gasteiger partial charge on any atom is 0.305 e. The number of carboxylic acids is 1. The lowest BCUT2D eigenvalue weighted by molar-refractivity contribution is -0.145. The number of rotatable bonds is 3. The molecular formula is C16H21NO4. The Morgan fingerprint density at radius 3 is 2.81 bits per heavy atom. The van der Waals surface area contributed by atoms with Gasteiger partial charge in [0.2, 0.25) is 0 Å². The first-order chi connectivity index (χ1) is 10.1. The number of para-hydroxylation sites is 1. The first-order valence-corrected chi connectivity index (χ1v) is 7.41. The van der Waals surface area contributed by atoms with E-state index in [2.05, 4.69) is 11.8 Å². The molecule has 0 spiro atoms. The Kier molecular flexibility index (Phi) is 3.87. The third-order valence-corrected chi connectivity index (χ3v) is 4.65. The zero-order chi connectivity index (χ0) is 14.9. The fourth-order valence-electron chi connectivity index (χ4n) is 3.62. The van der Waals surface area contributed by atoms with Crippen LogP contribution in [0.1, 0.15) is 18.9 Å². The molecule has 2 unspecified atom stereocenters. The SMILES string of the molecule is CC1COc2ccccc2C1(CC(=O)O)N1CCOCC1. The molecule has 0 radical (unpaired) electrons. The van der Waals surface area contributed by atoms with Crippen LogP contribution in [0.5, 0.6) is 5.75 Å². The van der Waals surface area contributed by atoms with Gasteiger partial charge >= 0.3 is 5.97 Å². The van der Waals surface area contributed by atoms with E-state index in [0.717, 1.165) is 24.4 Å². The van der Waals surface area contributed by atoms with E-state index >= 15 is 0 Å². The van der Waals surface area contributed by atoms with Crippen LogP contribution in [0, 0.1) is 5.92 Å². The number of hydrogen-bond donors (Lipinski definition) is 1. The van der Waals surface area contributed by atoms with Crippen molar-refractivity contribution in [1.82, 2.24) is 4.90 Å². The molecule has 3 rings (SSSR count). The summed E-state index contributed by atoms with van der Waals surface area (Å²) in [5.41, 5.74) is 0.484. The second kappa shape index (κ2) is 5.66. The van der Waals surface area contributed by atoms with E-state index in [1.54, 1.807) is 0 Å². The molecule has 1 aromatic rings. The highest BCUT2D eigenvalue weighted by Crippen LogP contribution is 2.47. The molecule has 0 aliphatic carbocycles. The average molecular weight is 291 g/mol. The molecule has 1 N–H and O–H groups in total. The molecule has 1 aromatic carbocycles. The minimum atomic E-state index is -0.773. The van der Waals surface area contributed by atoms with Crippen molar-refractivity contribution >= 4 is 5.97 Å². The molecule has 5 nitrogen and oxygen atoms in total. The van der Waals surface area contributed by atoms with Crippen LogP contribution in [0.2, 0.25) is 0 Å². The van der Waals surface area contributed by atoms with E-state index < -0.39 is 11.5 Å². The minimum Gasteiger partial charge on any atom is -0.493 e. The van der Waals surface area contributed by atoms with Gasteiger partial charge in [0.15, 0.2) is 0 Å². The normalized spacial score (nSPS) is 29.5. The van der Waals surface area contributed by atoms with Crippen molar-refractivity contribution in [2.24, 2.45) is 5.92 Å². The van der Waals surface area contributed by atoms with Gasteiger partial charge in [0.05, 0.1) is 31.8 Å². The average Bonchev–Trinajstić information content (AvgIpc) is 2.51. The van der Waals surface area contributed by atoms with Crippen molar-refractivity contribution in [3.8, 4) is 5.75 Å². The smallest absolute Gasteiger partial charge is 0.305 e. The van der Waals surface area contributed by atoms with Crippen molar-refractivity contribution in [2.75, 3.05) is 32.9 Å². The van der Waals surface area contributed by atoms with Crippen LogP contribution in [0.4, 0.5) is 0 Å². The summed E-state index contributed by atoms with van der Waals surface area (Å²) in [6.45, 7) is 5.43. The summed E-state index contributed by atoms with van der Waals surface area (Å²) in [6.07, 6.45) is 0.0918. The molecule has 21 heavy (non-hydrogen) atoms. The lowest BCUT2D eigenvalue weighted by Gasteiger charge is -2.51. The summed E-state index contributed by atoms with van der Waals surface area (Å²) in [5, 5.41) is 9.51. The molecule has 2 aliphatic heterocycles. The Balaban J connectivity index is 2.10. The van der Waals surface area contributed by atoms with Crippen LogP contribution in [0.3, 0.4) is 0 Å². The standard InChI is InChI=1S/C16H21NO4/c1-12-11-21-14-5-3-2-4-13(14)16(12,10-15(18)19)17-6-8-20-9-7-17/h2-5,12H,6-11H2,1H3,(H,18,19). The molecule has 2 atom stereocenters. The van der Waals surface area contributed by atoms with Gasteiger partial charge in [-0.1, -0.05) is 25.1 Å². The molecule has 0 amide bonds. The highest BCUT2D eigenvalue weighted by atomic mass is 16.5. The maximum atomic E-state index is 11.6. The first-order valence-electron chi connectivity index (χ1n) is 7.41. The molecule has 0 saturated carbocycles. The zero-order valence-corrected chi connectivity index (χ0v) is 12.2. The highest BCUT2D eigenvalue weighted by molar-refractivity contribution is 5.69. The summed E-state index contributed by atoms with van der Waals surface area (Å²) in [5.74, 6) is 0.148. The van der Waals surface area contributed by atoms with Crippen LogP contribution >= 0.6 is 0 Å². The summed E-state index contributed by atoms with van der Waals surface area (Å²) >= 11 is 0. The second-order valence-electron chi connectivity index (χ2n) is 5.80. The zero-order valence-electron chi connectivity index (χ0n) is 12.2. The van der Waals surface area contributed by atoms with E-state index in [0.29, 0.717) is 19.8 Å².